The van der Waals surface area contributed by atoms with Gasteiger partial charge < -0.3 is 10.3 Å². The number of anilines is 1. The van der Waals surface area contributed by atoms with Crippen LogP contribution in [0.4, 0.5) is 5.82 Å². The van der Waals surface area contributed by atoms with E-state index in [1.807, 2.05) is 24.9 Å². The molecule has 5 nitrogen and oxygen atoms in total. The SMILES string of the molecule is CC(C)Cc1c(-c2cn(C)cn2)nn(C)c1N. The molecular weight excluding hydrogens is 214 g/mol. The van der Waals surface area contributed by atoms with Gasteiger partial charge in [-0.2, -0.15) is 5.10 Å². The highest BCUT2D eigenvalue weighted by atomic mass is 15.3. The van der Waals surface area contributed by atoms with Crippen LogP contribution >= 0.6 is 0 Å². The van der Waals surface area contributed by atoms with E-state index >= 15 is 0 Å². The Balaban J connectivity index is 2.49. The van der Waals surface area contributed by atoms with Crippen molar-refractivity contribution in [1.82, 2.24) is 19.3 Å². The van der Waals surface area contributed by atoms with Crippen LogP contribution in [-0.4, -0.2) is 19.3 Å². The highest BCUT2D eigenvalue weighted by Gasteiger charge is 2.17. The van der Waals surface area contributed by atoms with Crippen LogP contribution in [0.1, 0.15) is 19.4 Å². The third-order valence-electron chi connectivity index (χ3n) is 2.75. The van der Waals surface area contributed by atoms with Crippen molar-refractivity contribution in [3.05, 3.63) is 18.1 Å². The highest BCUT2D eigenvalue weighted by Crippen LogP contribution is 2.27. The molecule has 17 heavy (non-hydrogen) atoms. The minimum Gasteiger partial charge on any atom is -0.384 e. The number of nitrogens with zero attached hydrogens (tertiary/aromatic N) is 4. The molecule has 2 N–H and O–H groups in total. The lowest BCUT2D eigenvalue weighted by Gasteiger charge is -2.05. The topological polar surface area (TPSA) is 61.7 Å². The lowest BCUT2D eigenvalue weighted by Crippen LogP contribution is -2.02. The molecule has 0 spiro atoms. The zero-order chi connectivity index (χ0) is 12.6. The van der Waals surface area contributed by atoms with Crippen molar-refractivity contribution in [1.29, 1.82) is 0 Å². The van der Waals surface area contributed by atoms with Crippen molar-refractivity contribution >= 4 is 5.82 Å². The zero-order valence-electron chi connectivity index (χ0n) is 10.8. The Kier molecular flexibility index (Phi) is 2.92. The molecule has 5 heteroatoms. The molecule has 0 aliphatic rings. The molecule has 92 valence electrons. The molecule has 0 atom stereocenters. The Morgan fingerprint density at radius 3 is 2.59 bits per heavy atom. The van der Waals surface area contributed by atoms with Gasteiger partial charge in [0.15, 0.2) is 0 Å². The van der Waals surface area contributed by atoms with E-state index in [0.29, 0.717) is 5.92 Å². The lowest BCUT2D eigenvalue weighted by molar-refractivity contribution is 0.648. The Morgan fingerprint density at radius 1 is 1.35 bits per heavy atom. The van der Waals surface area contributed by atoms with E-state index in [-0.39, 0.29) is 0 Å². The van der Waals surface area contributed by atoms with Crippen molar-refractivity contribution in [3.8, 4) is 11.4 Å². The van der Waals surface area contributed by atoms with Crippen molar-refractivity contribution < 1.29 is 0 Å². The fourth-order valence-electron chi connectivity index (χ4n) is 1.93. The maximum atomic E-state index is 6.06. The molecule has 0 saturated carbocycles. The van der Waals surface area contributed by atoms with Crippen molar-refractivity contribution in [2.75, 3.05) is 5.73 Å². The molecular formula is C12H19N5. The van der Waals surface area contributed by atoms with Gasteiger partial charge >= 0.3 is 0 Å². The number of hydrogen-bond acceptors (Lipinski definition) is 3. The number of aryl methyl sites for hydroxylation is 2. The predicted molar refractivity (Wildman–Crippen MR) is 68.4 cm³/mol. The second-order valence-electron chi connectivity index (χ2n) is 4.86. The van der Waals surface area contributed by atoms with Gasteiger partial charge in [0, 0.05) is 25.9 Å². The maximum Gasteiger partial charge on any atom is 0.125 e. The van der Waals surface area contributed by atoms with E-state index in [4.69, 9.17) is 5.73 Å². The molecule has 0 aliphatic carbocycles. The third kappa shape index (κ3) is 2.18. The summed E-state index contributed by atoms with van der Waals surface area (Å²) in [5.41, 5.74) is 8.95. The van der Waals surface area contributed by atoms with Gasteiger partial charge in [0.2, 0.25) is 0 Å². The third-order valence-corrected chi connectivity index (χ3v) is 2.75. The van der Waals surface area contributed by atoms with E-state index in [1.54, 1.807) is 11.0 Å². The van der Waals surface area contributed by atoms with E-state index in [9.17, 15) is 0 Å². The highest BCUT2D eigenvalue weighted by molar-refractivity contribution is 5.65. The van der Waals surface area contributed by atoms with Gasteiger partial charge in [-0.15, -0.1) is 0 Å². The van der Waals surface area contributed by atoms with Gasteiger partial charge in [-0.3, -0.25) is 4.68 Å². The fraction of sp³-hybridized carbons (Fsp3) is 0.500. The number of nitrogens with two attached hydrogens (primary N) is 1. The molecule has 2 aromatic rings. The van der Waals surface area contributed by atoms with Crippen LogP contribution in [0.5, 0.6) is 0 Å². The van der Waals surface area contributed by atoms with Gasteiger partial charge in [-0.25, -0.2) is 4.98 Å². The Morgan fingerprint density at radius 2 is 2.06 bits per heavy atom. The van der Waals surface area contributed by atoms with Crippen LogP contribution in [0.25, 0.3) is 11.4 Å². The fourth-order valence-corrected chi connectivity index (χ4v) is 1.93. The summed E-state index contributed by atoms with van der Waals surface area (Å²) in [5.74, 6) is 1.28. The van der Waals surface area contributed by atoms with E-state index in [1.165, 1.54) is 0 Å². The molecule has 2 heterocycles. The molecule has 0 bridgehead atoms. The quantitative estimate of drug-likeness (QED) is 0.876. The minimum absolute atomic E-state index is 0.545. The van der Waals surface area contributed by atoms with E-state index in [0.717, 1.165) is 29.2 Å². The minimum atomic E-state index is 0.545. The van der Waals surface area contributed by atoms with E-state index in [2.05, 4.69) is 23.9 Å². The number of imidazole rings is 1. The first kappa shape index (κ1) is 11.7. The van der Waals surface area contributed by atoms with Gasteiger partial charge in [-0.05, 0) is 12.3 Å². The summed E-state index contributed by atoms with van der Waals surface area (Å²) in [5, 5.41) is 4.46. The predicted octanol–water partition coefficient (Wildman–Crippen LogP) is 1.60. The van der Waals surface area contributed by atoms with Crippen LogP contribution < -0.4 is 5.73 Å². The molecule has 0 saturated heterocycles. The molecule has 2 aromatic heterocycles. The summed E-state index contributed by atoms with van der Waals surface area (Å²) in [7, 11) is 3.82. The Hall–Kier alpha value is -1.78. The molecule has 2 rings (SSSR count). The summed E-state index contributed by atoms with van der Waals surface area (Å²) in [4.78, 5) is 4.34. The summed E-state index contributed by atoms with van der Waals surface area (Å²) < 4.78 is 3.64. The number of hydrogen-bond donors (Lipinski definition) is 1. The average Bonchev–Trinajstić information content (AvgIpc) is 2.77. The van der Waals surface area contributed by atoms with Gasteiger partial charge in [-0.1, -0.05) is 13.8 Å². The first-order valence-corrected chi connectivity index (χ1v) is 5.78. The van der Waals surface area contributed by atoms with Gasteiger partial charge in [0.25, 0.3) is 0 Å². The normalized spacial score (nSPS) is 11.4. The Labute approximate surface area is 101 Å². The van der Waals surface area contributed by atoms with Crippen molar-refractivity contribution in [2.45, 2.75) is 20.3 Å². The molecule has 0 amide bonds. The smallest absolute Gasteiger partial charge is 0.125 e. The van der Waals surface area contributed by atoms with Crippen molar-refractivity contribution in [3.63, 3.8) is 0 Å². The average molecular weight is 233 g/mol. The van der Waals surface area contributed by atoms with Crippen LogP contribution in [0, 0.1) is 5.92 Å². The van der Waals surface area contributed by atoms with E-state index < -0.39 is 0 Å². The number of nitrogen functional groups attached to an aromatic ring is 1. The summed E-state index contributed by atoms with van der Waals surface area (Å²) in [6.45, 7) is 4.35. The van der Waals surface area contributed by atoms with Gasteiger partial charge in [0.1, 0.15) is 17.2 Å². The van der Waals surface area contributed by atoms with Crippen LogP contribution in [0.3, 0.4) is 0 Å². The summed E-state index contributed by atoms with van der Waals surface area (Å²) in [6.07, 6.45) is 4.66. The first-order chi connectivity index (χ1) is 7.99. The molecule has 0 radical (unpaired) electrons. The largest absolute Gasteiger partial charge is 0.384 e. The lowest BCUT2D eigenvalue weighted by atomic mass is 10.0. The summed E-state index contributed by atoms with van der Waals surface area (Å²) in [6, 6.07) is 0. The monoisotopic (exact) mass is 233 g/mol. The first-order valence-electron chi connectivity index (χ1n) is 5.78. The van der Waals surface area contributed by atoms with Crippen molar-refractivity contribution in [2.24, 2.45) is 20.0 Å². The standard InChI is InChI=1S/C12H19N5/c1-8(2)5-9-11(15-17(4)12(9)13)10-6-16(3)7-14-10/h6-8H,5,13H2,1-4H3. The summed E-state index contributed by atoms with van der Waals surface area (Å²) >= 11 is 0. The van der Waals surface area contributed by atoms with Crippen LogP contribution in [-0.2, 0) is 20.5 Å². The molecule has 0 aliphatic heterocycles. The maximum absolute atomic E-state index is 6.06. The molecule has 0 unspecified atom stereocenters. The van der Waals surface area contributed by atoms with Gasteiger partial charge in [0.05, 0.1) is 6.33 Å². The van der Waals surface area contributed by atoms with Crippen LogP contribution in [0.2, 0.25) is 0 Å². The second-order valence-corrected chi connectivity index (χ2v) is 4.86. The zero-order valence-corrected chi connectivity index (χ0v) is 10.8. The van der Waals surface area contributed by atoms with Crippen LogP contribution in [0.15, 0.2) is 12.5 Å². The molecule has 0 fully saturated rings. The number of aromatic nitrogens is 4. The molecule has 0 aromatic carbocycles. The Bertz CT molecular complexity index is 521. The number of rotatable bonds is 3. The second kappa shape index (κ2) is 4.24.